The molecular weight excluding hydrogens is 272 g/mol. The number of nitrogens with zero attached hydrogens (tertiary/aromatic N) is 2. The van der Waals surface area contributed by atoms with E-state index in [0.717, 1.165) is 16.9 Å². The number of carboxylic acid groups (broad SMARTS) is 1. The zero-order valence-corrected chi connectivity index (χ0v) is 12.0. The molecule has 20 heavy (non-hydrogen) atoms. The summed E-state index contributed by atoms with van der Waals surface area (Å²) in [5.74, 6) is -0.0335. The lowest BCUT2D eigenvalue weighted by atomic mass is 10.2. The Kier molecular flexibility index (Phi) is 3.06. The van der Waals surface area contributed by atoms with Crippen molar-refractivity contribution in [3.63, 3.8) is 0 Å². The molecule has 0 bridgehead atoms. The van der Waals surface area contributed by atoms with E-state index in [1.54, 1.807) is 23.5 Å². The third kappa shape index (κ3) is 2.00. The quantitative estimate of drug-likeness (QED) is 0.798. The Hall–Kier alpha value is -2.14. The van der Waals surface area contributed by atoms with Gasteiger partial charge in [0.05, 0.1) is 22.6 Å². The van der Waals surface area contributed by atoms with Crippen LogP contribution in [0, 0.1) is 6.92 Å². The Bertz CT molecular complexity index is 775. The average Bonchev–Trinajstić information content (AvgIpc) is 3.03. The van der Waals surface area contributed by atoms with Crippen LogP contribution in [0.2, 0.25) is 0 Å². The third-order valence-corrected chi connectivity index (χ3v) is 4.50. The van der Waals surface area contributed by atoms with Crippen LogP contribution < -0.4 is 0 Å². The Balaban J connectivity index is 2.16. The topological polar surface area (TPSA) is 55.1 Å². The summed E-state index contributed by atoms with van der Waals surface area (Å²) in [5, 5.41) is 11.1. The molecule has 0 fully saturated rings. The van der Waals surface area contributed by atoms with Crippen LogP contribution in [-0.4, -0.2) is 20.6 Å². The van der Waals surface area contributed by atoms with Gasteiger partial charge >= 0.3 is 5.97 Å². The fourth-order valence-corrected chi connectivity index (χ4v) is 3.27. The molecule has 3 rings (SSSR count). The third-order valence-electron chi connectivity index (χ3n) is 3.46. The second-order valence-electron chi connectivity index (χ2n) is 4.73. The number of hydrogen-bond acceptors (Lipinski definition) is 3. The number of hydrogen-bond donors (Lipinski definition) is 1. The van der Waals surface area contributed by atoms with Crippen LogP contribution >= 0.6 is 11.3 Å². The number of aryl methyl sites for hydroxylation is 1. The number of fused-ring (bicyclic) bond motifs is 1. The molecule has 102 valence electrons. The van der Waals surface area contributed by atoms with Crippen molar-refractivity contribution in [2.45, 2.75) is 19.9 Å². The summed E-state index contributed by atoms with van der Waals surface area (Å²) >= 11 is 1.71. The Labute approximate surface area is 120 Å². The van der Waals surface area contributed by atoms with Crippen molar-refractivity contribution < 1.29 is 9.90 Å². The van der Waals surface area contributed by atoms with E-state index in [9.17, 15) is 4.79 Å². The van der Waals surface area contributed by atoms with Crippen LogP contribution in [0.1, 0.15) is 34.0 Å². The average molecular weight is 286 g/mol. The summed E-state index contributed by atoms with van der Waals surface area (Å²) in [6.07, 6.45) is 0. The lowest BCUT2D eigenvalue weighted by Crippen LogP contribution is -2.07. The minimum absolute atomic E-state index is 0.190. The van der Waals surface area contributed by atoms with Gasteiger partial charge in [0.25, 0.3) is 0 Å². The van der Waals surface area contributed by atoms with E-state index in [1.165, 1.54) is 4.88 Å². The summed E-state index contributed by atoms with van der Waals surface area (Å²) in [6.45, 7) is 4.08. The molecule has 0 saturated carbocycles. The van der Waals surface area contributed by atoms with Gasteiger partial charge in [-0.3, -0.25) is 0 Å². The van der Waals surface area contributed by atoms with Gasteiger partial charge in [0.15, 0.2) is 0 Å². The molecule has 2 aromatic heterocycles. The first-order valence-corrected chi connectivity index (χ1v) is 7.21. The monoisotopic (exact) mass is 286 g/mol. The van der Waals surface area contributed by atoms with E-state index in [2.05, 4.69) is 27.9 Å². The molecule has 4 nitrogen and oxygen atoms in total. The highest BCUT2D eigenvalue weighted by Crippen LogP contribution is 2.28. The minimum atomic E-state index is -0.926. The number of imidazole rings is 1. The standard InChI is InChI=1S/C15H14N2O2S/c1-9(14-4-3-7-20-14)17-10(2)16-12-8-11(15(18)19)5-6-13(12)17/h3-9H,1-2H3,(H,18,19). The number of carbonyl (C=O) groups is 1. The maximum Gasteiger partial charge on any atom is 0.335 e. The molecule has 0 aliphatic carbocycles. The normalized spacial score (nSPS) is 12.7. The zero-order valence-electron chi connectivity index (χ0n) is 11.2. The maximum absolute atomic E-state index is 11.0. The first-order chi connectivity index (χ1) is 9.58. The first kappa shape index (κ1) is 12.9. The summed E-state index contributed by atoms with van der Waals surface area (Å²) in [5.41, 5.74) is 1.96. The predicted molar refractivity (Wildman–Crippen MR) is 79.6 cm³/mol. The van der Waals surface area contributed by atoms with Crippen LogP contribution in [-0.2, 0) is 0 Å². The molecule has 2 heterocycles. The van der Waals surface area contributed by atoms with Gasteiger partial charge in [-0.05, 0) is 43.5 Å². The van der Waals surface area contributed by atoms with Gasteiger partial charge < -0.3 is 9.67 Å². The van der Waals surface area contributed by atoms with E-state index in [1.807, 2.05) is 19.1 Å². The number of aromatic nitrogens is 2. The lowest BCUT2D eigenvalue weighted by Gasteiger charge is -2.14. The summed E-state index contributed by atoms with van der Waals surface area (Å²) < 4.78 is 2.15. The number of aromatic carboxylic acids is 1. The van der Waals surface area contributed by atoms with Crippen LogP contribution in [0.5, 0.6) is 0 Å². The highest BCUT2D eigenvalue weighted by molar-refractivity contribution is 7.10. The summed E-state index contributed by atoms with van der Waals surface area (Å²) in [6, 6.07) is 9.42. The molecule has 1 atom stereocenters. The fourth-order valence-electron chi connectivity index (χ4n) is 2.50. The van der Waals surface area contributed by atoms with E-state index in [4.69, 9.17) is 5.11 Å². The molecule has 0 aliphatic heterocycles. The van der Waals surface area contributed by atoms with Crippen molar-refractivity contribution in [3.8, 4) is 0 Å². The number of rotatable bonds is 3. The largest absolute Gasteiger partial charge is 0.478 e. The minimum Gasteiger partial charge on any atom is -0.478 e. The molecule has 1 unspecified atom stereocenters. The molecule has 0 radical (unpaired) electrons. The molecule has 0 aliphatic rings. The van der Waals surface area contributed by atoms with Gasteiger partial charge in [-0.15, -0.1) is 11.3 Å². The van der Waals surface area contributed by atoms with Crippen LogP contribution in [0.4, 0.5) is 0 Å². The number of thiophene rings is 1. The molecule has 1 aromatic carbocycles. The second-order valence-corrected chi connectivity index (χ2v) is 5.71. The molecular formula is C15H14N2O2S. The Morgan fingerprint density at radius 2 is 2.20 bits per heavy atom. The highest BCUT2D eigenvalue weighted by Gasteiger charge is 2.16. The second kappa shape index (κ2) is 4.76. The Morgan fingerprint density at radius 3 is 2.85 bits per heavy atom. The molecule has 0 saturated heterocycles. The predicted octanol–water partition coefficient (Wildman–Crippen LogP) is 3.71. The van der Waals surface area contributed by atoms with E-state index in [0.29, 0.717) is 0 Å². The zero-order chi connectivity index (χ0) is 14.3. The molecule has 1 N–H and O–H groups in total. The van der Waals surface area contributed by atoms with Gasteiger partial charge in [-0.2, -0.15) is 0 Å². The number of carboxylic acids is 1. The van der Waals surface area contributed by atoms with Crippen molar-refractivity contribution in [2.75, 3.05) is 0 Å². The van der Waals surface area contributed by atoms with E-state index >= 15 is 0 Å². The van der Waals surface area contributed by atoms with E-state index < -0.39 is 5.97 Å². The van der Waals surface area contributed by atoms with Gasteiger partial charge in [0.1, 0.15) is 5.82 Å². The van der Waals surface area contributed by atoms with Crippen LogP contribution in [0.3, 0.4) is 0 Å². The number of benzene rings is 1. The van der Waals surface area contributed by atoms with Crippen molar-refractivity contribution >= 4 is 28.3 Å². The van der Waals surface area contributed by atoms with Crippen molar-refractivity contribution in [1.29, 1.82) is 0 Å². The highest BCUT2D eigenvalue weighted by atomic mass is 32.1. The van der Waals surface area contributed by atoms with Gasteiger partial charge in [-0.1, -0.05) is 6.07 Å². The molecule has 0 amide bonds. The maximum atomic E-state index is 11.0. The summed E-state index contributed by atoms with van der Waals surface area (Å²) in [4.78, 5) is 16.8. The fraction of sp³-hybridized carbons (Fsp3) is 0.200. The first-order valence-electron chi connectivity index (χ1n) is 6.33. The smallest absolute Gasteiger partial charge is 0.335 e. The van der Waals surface area contributed by atoms with Crippen molar-refractivity contribution in [3.05, 3.63) is 52.0 Å². The molecule has 3 aromatic rings. The molecule has 5 heteroatoms. The molecule has 0 spiro atoms. The SMILES string of the molecule is Cc1nc2cc(C(=O)O)ccc2n1C(C)c1cccs1. The van der Waals surface area contributed by atoms with Crippen molar-refractivity contribution in [1.82, 2.24) is 9.55 Å². The van der Waals surface area contributed by atoms with E-state index in [-0.39, 0.29) is 11.6 Å². The van der Waals surface area contributed by atoms with Crippen molar-refractivity contribution in [2.24, 2.45) is 0 Å². The van der Waals surface area contributed by atoms with Crippen LogP contribution in [0.15, 0.2) is 35.7 Å². The van der Waals surface area contributed by atoms with Gasteiger partial charge in [-0.25, -0.2) is 9.78 Å². The Morgan fingerprint density at radius 1 is 1.40 bits per heavy atom. The summed E-state index contributed by atoms with van der Waals surface area (Å²) in [7, 11) is 0. The lowest BCUT2D eigenvalue weighted by molar-refractivity contribution is 0.0697. The van der Waals surface area contributed by atoms with Crippen LogP contribution in [0.25, 0.3) is 11.0 Å². The van der Waals surface area contributed by atoms with Gasteiger partial charge in [0, 0.05) is 4.88 Å². The van der Waals surface area contributed by atoms with Gasteiger partial charge in [0.2, 0.25) is 0 Å².